The van der Waals surface area contributed by atoms with Gasteiger partial charge in [0.25, 0.3) is 0 Å². The van der Waals surface area contributed by atoms with Gasteiger partial charge in [0, 0.05) is 12.6 Å². The summed E-state index contributed by atoms with van der Waals surface area (Å²) in [6.07, 6.45) is 0.875. The highest BCUT2D eigenvalue weighted by atomic mass is 32.2. The Morgan fingerprint density at radius 3 is 2.23 bits per heavy atom. The number of hydrogen-bond acceptors (Lipinski definition) is 3. The van der Waals surface area contributed by atoms with Crippen LogP contribution in [0.5, 0.6) is 0 Å². The summed E-state index contributed by atoms with van der Waals surface area (Å²) in [5, 5.41) is 2.51. The zero-order valence-corrected chi connectivity index (χ0v) is 14.7. The van der Waals surface area contributed by atoms with Gasteiger partial charge in [-0.3, -0.25) is 9.10 Å². The molecule has 1 N–H and O–H groups in total. The predicted molar refractivity (Wildman–Crippen MR) is 91.7 cm³/mol. The van der Waals surface area contributed by atoms with Crippen LogP contribution in [0.15, 0.2) is 42.5 Å². The number of hydrogen-bond donors (Lipinski definition) is 1. The molecule has 0 spiro atoms. The van der Waals surface area contributed by atoms with Gasteiger partial charge in [0.1, 0.15) is 17.5 Å². The number of rotatable bonds is 7. The largest absolute Gasteiger partial charge is 0.354 e. The molecule has 0 saturated heterocycles. The van der Waals surface area contributed by atoms with Crippen molar-refractivity contribution in [1.29, 1.82) is 0 Å². The van der Waals surface area contributed by atoms with Crippen molar-refractivity contribution in [2.24, 2.45) is 0 Å². The first kappa shape index (κ1) is 19.8. The zero-order valence-electron chi connectivity index (χ0n) is 13.9. The highest BCUT2D eigenvalue weighted by Gasteiger charge is 2.21. The zero-order chi connectivity index (χ0) is 19.3. The Morgan fingerprint density at radius 2 is 1.65 bits per heavy atom. The van der Waals surface area contributed by atoms with E-state index in [1.807, 2.05) is 0 Å². The molecular formula is C17H17F3N2O3S. The van der Waals surface area contributed by atoms with Crippen molar-refractivity contribution in [2.45, 2.75) is 6.42 Å². The Hall–Kier alpha value is -2.55. The molecular weight excluding hydrogens is 369 g/mol. The molecule has 0 unspecified atom stereocenters. The Balaban J connectivity index is 1.99. The van der Waals surface area contributed by atoms with Crippen molar-refractivity contribution < 1.29 is 26.4 Å². The summed E-state index contributed by atoms with van der Waals surface area (Å²) in [5.74, 6) is -2.66. The van der Waals surface area contributed by atoms with Crippen molar-refractivity contribution in [3.05, 3.63) is 65.5 Å². The van der Waals surface area contributed by atoms with E-state index in [2.05, 4.69) is 5.32 Å². The van der Waals surface area contributed by atoms with E-state index in [0.717, 1.165) is 22.7 Å². The molecule has 2 rings (SSSR count). The molecule has 2 aromatic carbocycles. The van der Waals surface area contributed by atoms with Gasteiger partial charge in [-0.2, -0.15) is 0 Å². The maximum atomic E-state index is 13.9. The third kappa shape index (κ3) is 5.48. The van der Waals surface area contributed by atoms with Crippen LogP contribution >= 0.6 is 0 Å². The van der Waals surface area contributed by atoms with Crippen LogP contribution in [0.2, 0.25) is 0 Å². The lowest BCUT2D eigenvalue weighted by molar-refractivity contribution is -0.120. The smallest absolute Gasteiger partial charge is 0.232 e. The van der Waals surface area contributed by atoms with Crippen molar-refractivity contribution >= 4 is 21.6 Å². The lowest BCUT2D eigenvalue weighted by atomic mass is 10.1. The van der Waals surface area contributed by atoms with Gasteiger partial charge in [-0.25, -0.2) is 21.6 Å². The van der Waals surface area contributed by atoms with E-state index in [-0.39, 0.29) is 25.2 Å². The van der Waals surface area contributed by atoms with Crippen LogP contribution in [0.3, 0.4) is 0 Å². The number of anilines is 1. The van der Waals surface area contributed by atoms with E-state index in [0.29, 0.717) is 11.6 Å². The third-order valence-corrected chi connectivity index (χ3v) is 4.67. The highest BCUT2D eigenvalue weighted by molar-refractivity contribution is 7.92. The number of sulfonamides is 1. The molecule has 5 nitrogen and oxygen atoms in total. The van der Waals surface area contributed by atoms with E-state index < -0.39 is 33.4 Å². The van der Waals surface area contributed by atoms with Crippen molar-refractivity contribution in [3.63, 3.8) is 0 Å². The van der Waals surface area contributed by atoms with Crippen LogP contribution < -0.4 is 9.62 Å². The van der Waals surface area contributed by atoms with E-state index >= 15 is 0 Å². The maximum absolute atomic E-state index is 13.9. The third-order valence-electron chi connectivity index (χ3n) is 3.49. The molecule has 0 aliphatic heterocycles. The second kappa shape index (κ2) is 8.22. The monoisotopic (exact) mass is 386 g/mol. The van der Waals surface area contributed by atoms with E-state index in [9.17, 15) is 26.4 Å². The number of nitrogens with one attached hydrogen (secondary N) is 1. The molecule has 0 heterocycles. The molecule has 0 aliphatic rings. The van der Waals surface area contributed by atoms with Crippen molar-refractivity contribution in [2.75, 3.05) is 23.7 Å². The van der Waals surface area contributed by atoms with Crippen LogP contribution in [-0.2, 0) is 21.2 Å². The average molecular weight is 386 g/mol. The first-order chi connectivity index (χ1) is 12.2. The van der Waals surface area contributed by atoms with Crippen LogP contribution in [0, 0.1) is 17.5 Å². The van der Waals surface area contributed by atoms with E-state index in [4.69, 9.17) is 0 Å². The number of carbonyl (C=O) groups excluding carboxylic acids is 1. The number of halogens is 3. The van der Waals surface area contributed by atoms with E-state index in [1.165, 1.54) is 24.3 Å². The normalized spacial score (nSPS) is 11.2. The second-order valence-corrected chi connectivity index (χ2v) is 7.49. The Morgan fingerprint density at radius 1 is 1.04 bits per heavy atom. The lowest BCUT2D eigenvalue weighted by Gasteiger charge is -2.23. The number of benzene rings is 2. The number of amides is 1. The van der Waals surface area contributed by atoms with Gasteiger partial charge in [-0.05, 0) is 29.8 Å². The molecule has 2 aromatic rings. The molecule has 0 fully saturated rings. The van der Waals surface area contributed by atoms with Gasteiger partial charge in [-0.1, -0.05) is 12.1 Å². The molecule has 0 saturated carbocycles. The Kier molecular flexibility index (Phi) is 6.25. The van der Waals surface area contributed by atoms with Crippen molar-refractivity contribution in [3.8, 4) is 0 Å². The van der Waals surface area contributed by atoms with Crippen LogP contribution in [0.25, 0.3) is 0 Å². The molecule has 26 heavy (non-hydrogen) atoms. The first-order valence-corrected chi connectivity index (χ1v) is 9.45. The summed E-state index contributed by atoms with van der Waals surface area (Å²) in [6.45, 7) is -0.305. The van der Waals surface area contributed by atoms with Gasteiger partial charge in [0.2, 0.25) is 15.9 Å². The summed E-state index contributed by atoms with van der Waals surface area (Å²) in [4.78, 5) is 11.9. The molecule has 1 amide bonds. The van der Waals surface area contributed by atoms with Crippen LogP contribution in [0.1, 0.15) is 5.56 Å². The van der Waals surface area contributed by atoms with Crippen LogP contribution in [-0.4, -0.2) is 33.7 Å². The SMILES string of the molecule is CS(=O)(=O)N(CCNC(=O)Cc1ccc(F)cc1)c1ccc(F)cc1F. The molecule has 0 aliphatic carbocycles. The topological polar surface area (TPSA) is 66.5 Å². The fourth-order valence-corrected chi connectivity index (χ4v) is 3.22. The minimum absolute atomic E-state index is 0.00986. The van der Waals surface area contributed by atoms with Gasteiger partial charge in [-0.15, -0.1) is 0 Å². The van der Waals surface area contributed by atoms with Gasteiger partial charge in [0.05, 0.1) is 24.9 Å². The Bertz CT molecular complexity index is 887. The second-order valence-electron chi connectivity index (χ2n) is 5.58. The Labute approximate surface area is 149 Å². The average Bonchev–Trinajstić information content (AvgIpc) is 2.54. The van der Waals surface area contributed by atoms with Gasteiger partial charge in [0.15, 0.2) is 0 Å². The van der Waals surface area contributed by atoms with Crippen molar-refractivity contribution in [1.82, 2.24) is 5.32 Å². The van der Waals surface area contributed by atoms with Gasteiger partial charge < -0.3 is 5.32 Å². The summed E-state index contributed by atoms with van der Waals surface area (Å²) < 4.78 is 64.2. The number of nitrogens with zero attached hydrogens (tertiary/aromatic N) is 1. The molecule has 0 aromatic heterocycles. The molecule has 0 bridgehead atoms. The minimum atomic E-state index is -3.84. The highest BCUT2D eigenvalue weighted by Crippen LogP contribution is 2.22. The maximum Gasteiger partial charge on any atom is 0.232 e. The van der Waals surface area contributed by atoms with E-state index in [1.54, 1.807) is 0 Å². The number of carbonyl (C=O) groups is 1. The van der Waals surface area contributed by atoms with Gasteiger partial charge >= 0.3 is 0 Å². The summed E-state index contributed by atoms with van der Waals surface area (Å²) >= 11 is 0. The summed E-state index contributed by atoms with van der Waals surface area (Å²) in [7, 11) is -3.84. The summed E-state index contributed by atoms with van der Waals surface area (Å²) in [5.41, 5.74) is 0.287. The molecule has 0 radical (unpaired) electrons. The molecule has 0 atom stereocenters. The standard InChI is InChI=1S/C17H17F3N2O3S/c1-26(24,25)22(16-7-6-14(19)11-15(16)20)9-8-21-17(23)10-12-2-4-13(18)5-3-12/h2-7,11H,8-10H2,1H3,(H,21,23). The first-order valence-electron chi connectivity index (χ1n) is 7.61. The summed E-state index contributed by atoms with van der Waals surface area (Å²) in [6, 6.07) is 7.93. The molecule has 140 valence electrons. The quantitative estimate of drug-likeness (QED) is 0.794. The lowest BCUT2D eigenvalue weighted by Crippen LogP contribution is -2.39. The minimum Gasteiger partial charge on any atom is -0.354 e. The van der Waals surface area contributed by atoms with Crippen LogP contribution in [0.4, 0.5) is 18.9 Å². The fraction of sp³-hybridized carbons (Fsp3) is 0.235. The molecule has 9 heteroatoms. The predicted octanol–water partition coefficient (Wildman–Crippen LogP) is 2.23. The fourth-order valence-electron chi connectivity index (χ4n) is 2.30.